The van der Waals surface area contributed by atoms with E-state index in [2.05, 4.69) is 20.4 Å². The van der Waals surface area contributed by atoms with Crippen molar-refractivity contribution in [2.24, 2.45) is 5.10 Å². The lowest BCUT2D eigenvalue weighted by atomic mass is 10.1. The number of carbonyl (C=O) groups is 1. The number of anilines is 2. The van der Waals surface area contributed by atoms with Crippen molar-refractivity contribution < 1.29 is 19.2 Å². The van der Waals surface area contributed by atoms with Crippen molar-refractivity contribution in [1.29, 1.82) is 0 Å². The lowest BCUT2D eigenvalue weighted by Crippen LogP contribution is -2.38. The molecule has 0 radical (unpaired) electrons. The van der Waals surface area contributed by atoms with Gasteiger partial charge >= 0.3 is 0 Å². The van der Waals surface area contributed by atoms with Gasteiger partial charge in [0.1, 0.15) is 5.69 Å². The smallest absolute Gasteiger partial charge is 0.293 e. The molecule has 0 atom stereocenters. The van der Waals surface area contributed by atoms with Crippen LogP contribution in [0.1, 0.15) is 15.9 Å². The summed E-state index contributed by atoms with van der Waals surface area (Å²) in [4.78, 5) is 31.7. The summed E-state index contributed by atoms with van der Waals surface area (Å²) in [6.07, 6.45) is 4.45. The van der Waals surface area contributed by atoms with Crippen LogP contribution in [0.15, 0.2) is 41.8 Å². The van der Waals surface area contributed by atoms with Gasteiger partial charge in [0.25, 0.3) is 11.6 Å². The van der Waals surface area contributed by atoms with Crippen molar-refractivity contribution in [2.45, 2.75) is 0 Å². The molecular weight excluding hydrogens is 416 g/mol. The number of amides is 1. The molecule has 1 amide bonds. The van der Waals surface area contributed by atoms with Crippen LogP contribution >= 0.6 is 0 Å². The fourth-order valence-corrected chi connectivity index (χ4v) is 3.69. The molecule has 0 spiro atoms. The number of nitrogens with one attached hydrogen (secondary N) is 1. The summed E-state index contributed by atoms with van der Waals surface area (Å²) in [7, 11) is 0. The zero-order chi connectivity index (χ0) is 22.3. The Balaban J connectivity index is 1.66. The van der Waals surface area contributed by atoms with Gasteiger partial charge in [0.2, 0.25) is 0 Å². The summed E-state index contributed by atoms with van der Waals surface area (Å²) in [5.74, 6) is -0.415. The summed E-state index contributed by atoms with van der Waals surface area (Å²) in [6.45, 7) is 4.65. The van der Waals surface area contributed by atoms with E-state index in [0.29, 0.717) is 69.4 Å². The lowest BCUT2D eigenvalue weighted by Gasteiger charge is -2.33. The maximum Gasteiger partial charge on any atom is 0.293 e. The third kappa shape index (κ3) is 5.01. The quantitative estimate of drug-likeness (QED) is 0.407. The molecule has 0 aliphatic carbocycles. The topological polar surface area (TPSA) is 122 Å². The fraction of sp³-hybridized carbons (Fsp3) is 0.381. The van der Waals surface area contributed by atoms with Crippen molar-refractivity contribution in [3.05, 3.63) is 57.9 Å². The van der Waals surface area contributed by atoms with Crippen molar-refractivity contribution in [2.75, 3.05) is 62.4 Å². The highest BCUT2D eigenvalue weighted by Gasteiger charge is 2.26. The molecule has 0 unspecified atom stereocenters. The first-order chi connectivity index (χ1) is 15.6. The normalized spacial score (nSPS) is 16.9. The number of rotatable bonds is 6. The Labute approximate surface area is 184 Å². The molecule has 11 nitrogen and oxygen atoms in total. The largest absolute Gasteiger partial charge is 0.378 e. The summed E-state index contributed by atoms with van der Waals surface area (Å²) < 4.78 is 10.9. The highest BCUT2D eigenvalue weighted by atomic mass is 16.6. The molecule has 2 aliphatic rings. The Morgan fingerprint density at radius 3 is 2.34 bits per heavy atom. The predicted octanol–water partition coefficient (Wildman–Crippen LogP) is 1.43. The van der Waals surface area contributed by atoms with Crippen LogP contribution in [0.5, 0.6) is 0 Å². The molecule has 1 aromatic heterocycles. The monoisotopic (exact) mass is 440 g/mol. The number of ether oxygens (including phenoxy) is 2. The van der Waals surface area contributed by atoms with Gasteiger partial charge in [0, 0.05) is 55.9 Å². The van der Waals surface area contributed by atoms with Crippen LogP contribution in [-0.2, 0) is 9.47 Å². The van der Waals surface area contributed by atoms with Crippen LogP contribution < -0.4 is 15.2 Å². The van der Waals surface area contributed by atoms with E-state index in [9.17, 15) is 14.9 Å². The minimum atomic E-state index is -0.415. The number of aromatic nitrogens is 1. The number of pyridine rings is 1. The molecule has 0 bridgehead atoms. The lowest BCUT2D eigenvalue weighted by molar-refractivity contribution is -0.384. The predicted molar refractivity (Wildman–Crippen MR) is 118 cm³/mol. The molecule has 1 aromatic carbocycles. The second-order valence-electron chi connectivity index (χ2n) is 7.30. The minimum Gasteiger partial charge on any atom is -0.378 e. The Morgan fingerprint density at radius 2 is 1.75 bits per heavy atom. The van der Waals surface area contributed by atoms with Gasteiger partial charge in [-0.3, -0.25) is 19.9 Å². The van der Waals surface area contributed by atoms with E-state index < -0.39 is 5.91 Å². The van der Waals surface area contributed by atoms with Crippen molar-refractivity contribution in [1.82, 2.24) is 10.4 Å². The summed E-state index contributed by atoms with van der Waals surface area (Å²) in [5, 5.41) is 15.9. The van der Waals surface area contributed by atoms with E-state index in [4.69, 9.17) is 9.47 Å². The van der Waals surface area contributed by atoms with E-state index in [1.165, 1.54) is 18.5 Å². The SMILES string of the molecule is O=C(N/N=C\c1cc([N+](=O)[O-])c(N2CCOCC2)cc1N1CCOCC1)c1cccnc1. The number of benzene rings is 1. The molecular formula is C21H24N6O5. The fourth-order valence-electron chi connectivity index (χ4n) is 3.69. The molecule has 1 N–H and O–H groups in total. The first kappa shape index (κ1) is 21.7. The van der Waals surface area contributed by atoms with Crippen LogP contribution in [0.25, 0.3) is 0 Å². The molecule has 0 saturated carbocycles. The van der Waals surface area contributed by atoms with Crippen LogP contribution in [0, 0.1) is 10.1 Å². The maximum absolute atomic E-state index is 12.2. The molecule has 2 fully saturated rings. The number of hydrogen-bond acceptors (Lipinski definition) is 9. The van der Waals surface area contributed by atoms with Crippen molar-refractivity contribution >= 4 is 29.2 Å². The number of nitrogens with zero attached hydrogens (tertiary/aromatic N) is 5. The van der Waals surface area contributed by atoms with Crippen LogP contribution in [0.2, 0.25) is 0 Å². The standard InChI is InChI=1S/C21H24N6O5/c28-21(16-2-1-3-22-14-16)24-23-15-17-12-20(27(29)30)19(26-6-10-32-11-7-26)13-18(17)25-4-8-31-9-5-25/h1-3,12-15H,4-11H2,(H,24,28)/b23-15-. The van der Waals surface area contributed by atoms with Crippen molar-refractivity contribution in [3.8, 4) is 0 Å². The number of morpholine rings is 2. The molecule has 2 saturated heterocycles. The number of hydrazone groups is 1. The molecule has 2 aliphatic heterocycles. The highest BCUT2D eigenvalue weighted by Crippen LogP contribution is 2.36. The number of nitro groups is 1. The van der Waals surface area contributed by atoms with Gasteiger partial charge in [0.05, 0.1) is 43.1 Å². The van der Waals surface area contributed by atoms with Crippen LogP contribution in [-0.4, -0.2) is 74.6 Å². The Kier molecular flexibility index (Phi) is 6.87. The molecule has 32 heavy (non-hydrogen) atoms. The maximum atomic E-state index is 12.2. The zero-order valence-electron chi connectivity index (χ0n) is 17.5. The third-order valence-electron chi connectivity index (χ3n) is 5.32. The van der Waals surface area contributed by atoms with Gasteiger partial charge < -0.3 is 19.3 Å². The minimum absolute atomic E-state index is 0.0102. The molecule has 168 valence electrons. The first-order valence-electron chi connectivity index (χ1n) is 10.3. The van der Waals surface area contributed by atoms with E-state index in [-0.39, 0.29) is 10.6 Å². The number of carbonyl (C=O) groups excluding carboxylic acids is 1. The van der Waals surface area contributed by atoms with Crippen LogP contribution in [0.4, 0.5) is 17.1 Å². The van der Waals surface area contributed by atoms with Gasteiger partial charge in [-0.25, -0.2) is 5.43 Å². The second-order valence-corrected chi connectivity index (χ2v) is 7.30. The van der Waals surface area contributed by atoms with E-state index in [0.717, 1.165) is 5.69 Å². The first-order valence-corrected chi connectivity index (χ1v) is 10.3. The van der Waals surface area contributed by atoms with Gasteiger partial charge in [-0.1, -0.05) is 0 Å². The molecule has 2 aromatic rings. The Hall–Kier alpha value is -3.57. The Morgan fingerprint density at radius 1 is 1.09 bits per heavy atom. The number of hydrogen-bond donors (Lipinski definition) is 1. The second kappa shape index (κ2) is 10.2. The van der Waals surface area contributed by atoms with E-state index in [1.54, 1.807) is 18.3 Å². The van der Waals surface area contributed by atoms with Gasteiger partial charge in [-0.15, -0.1) is 0 Å². The zero-order valence-corrected chi connectivity index (χ0v) is 17.5. The summed E-state index contributed by atoms with van der Waals surface area (Å²) in [6, 6.07) is 6.62. The summed E-state index contributed by atoms with van der Waals surface area (Å²) >= 11 is 0. The molecule has 11 heteroatoms. The van der Waals surface area contributed by atoms with Crippen molar-refractivity contribution in [3.63, 3.8) is 0 Å². The average molecular weight is 440 g/mol. The summed E-state index contributed by atoms with van der Waals surface area (Å²) in [5.41, 5.74) is 4.71. The molecule has 4 rings (SSSR count). The average Bonchev–Trinajstić information content (AvgIpc) is 2.85. The van der Waals surface area contributed by atoms with Gasteiger partial charge in [0.15, 0.2) is 0 Å². The molecule has 3 heterocycles. The third-order valence-corrected chi connectivity index (χ3v) is 5.32. The van der Waals surface area contributed by atoms with E-state index in [1.807, 2.05) is 11.0 Å². The van der Waals surface area contributed by atoms with E-state index >= 15 is 0 Å². The van der Waals surface area contributed by atoms with Gasteiger partial charge in [-0.2, -0.15) is 5.10 Å². The highest BCUT2D eigenvalue weighted by molar-refractivity contribution is 5.96. The van der Waals surface area contributed by atoms with Crippen LogP contribution in [0.3, 0.4) is 0 Å². The number of nitro benzene ring substituents is 1. The Bertz CT molecular complexity index is 988. The van der Waals surface area contributed by atoms with Gasteiger partial charge in [-0.05, 0) is 18.2 Å².